The highest BCUT2D eigenvalue weighted by Gasteiger charge is 2.41. The van der Waals surface area contributed by atoms with E-state index in [-0.39, 0.29) is 24.2 Å². The maximum absolute atomic E-state index is 13.6. The molecule has 0 bridgehead atoms. The lowest BCUT2D eigenvalue weighted by Crippen LogP contribution is -2.45. The molecule has 0 spiro atoms. The number of esters is 1. The second-order valence-corrected chi connectivity index (χ2v) is 8.10. The summed E-state index contributed by atoms with van der Waals surface area (Å²) >= 11 is 0. The van der Waals surface area contributed by atoms with Crippen LogP contribution in [0, 0.1) is 0 Å². The van der Waals surface area contributed by atoms with Crippen molar-refractivity contribution in [2.45, 2.75) is 50.9 Å². The fourth-order valence-electron chi connectivity index (χ4n) is 4.05. The van der Waals surface area contributed by atoms with Crippen LogP contribution >= 0.6 is 0 Å². The molecule has 0 unspecified atom stereocenters. The van der Waals surface area contributed by atoms with Gasteiger partial charge in [-0.1, -0.05) is 0 Å². The van der Waals surface area contributed by atoms with Gasteiger partial charge in [-0.15, -0.1) is 0 Å². The van der Waals surface area contributed by atoms with Crippen molar-refractivity contribution in [1.82, 2.24) is 20.0 Å². The summed E-state index contributed by atoms with van der Waals surface area (Å²) < 4.78 is 46.3. The SMILES string of the molecule is CCOC(=O)c1cnn(-c2ccc(C(=O)NC3CCN(C4CC4)CC3)cc2)c1C(F)(F)F. The summed E-state index contributed by atoms with van der Waals surface area (Å²) in [5.41, 5.74) is -1.43. The number of benzene rings is 1. The first-order chi connectivity index (χ1) is 15.3. The first-order valence-electron chi connectivity index (χ1n) is 10.8. The van der Waals surface area contributed by atoms with Crippen molar-refractivity contribution < 1.29 is 27.5 Å². The Hall–Kier alpha value is -2.88. The molecule has 1 aromatic carbocycles. The normalized spacial score (nSPS) is 17.9. The number of piperidine rings is 1. The van der Waals surface area contributed by atoms with Crippen LogP contribution in [0.4, 0.5) is 13.2 Å². The first-order valence-corrected chi connectivity index (χ1v) is 10.8. The van der Waals surface area contributed by atoms with Crippen LogP contribution in [0.25, 0.3) is 5.69 Å². The maximum Gasteiger partial charge on any atom is 0.434 e. The van der Waals surface area contributed by atoms with Crippen molar-refractivity contribution in [3.8, 4) is 5.69 Å². The summed E-state index contributed by atoms with van der Waals surface area (Å²) in [5, 5.41) is 6.76. The third-order valence-corrected chi connectivity index (χ3v) is 5.84. The molecule has 1 N–H and O–H groups in total. The Morgan fingerprint density at radius 2 is 1.78 bits per heavy atom. The van der Waals surface area contributed by atoms with Gasteiger partial charge in [0.1, 0.15) is 5.56 Å². The number of amides is 1. The second-order valence-electron chi connectivity index (χ2n) is 8.10. The second kappa shape index (κ2) is 8.93. The van der Waals surface area contributed by atoms with Crippen molar-refractivity contribution in [1.29, 1.82) is 0 Å². The van der Waals surface area contributed by atoms with Crippen molar-refractivity contribution in [2.24, 2.45) is 0 Å². The van der Waals surface area contributed by atoms with Crippen molar-refractivity contribution >= 4 is 11.9 Å². The van der Waals surface area contributed by atoms with Crippen LogP contribution < -0.4 is 5.32 Å². The predicted octanol–water partition coefficient (Wildman–Crippen LogP) is 3.42. The van der Waals surface area contributed by atoms with E-state index < -0.39 is 23.4 Å². The lowest BCUT2D eigenvalue weighted by Gasteiger charge is -2.32. The molecule has 10 heteroatoms. The molecule has 1 saturated heterocycles. The molecule has 2 fully saturated rings. The molecule has 0 atom stereocenters. The predicted molar refractivity (Wildman–Crippen MR) is 110 cm³/mol. The molecule has 0 radical (unpaired) electrons. The molecule has 7 nitrogen and oxygen atoms in total. The van der Waals surface area contributed by atoms with Gasteiger partial charge in [0.2, 0.25) is 0 Å². The fourth-order valence-corrected chi connectivity index (χ4v) is 4.05. The van der Waals surface area contributed by atoms with Crippen molar-refractivity contribution in [2.75, 3.05) is 19.7 Å². The average Bonchev–Trinajstić information content (AvgIpc) is 3.51. The van der Waals surface area contributed by atoms with E-state index in [9.17, 15) is 22.8 Å². The topological polar surface area (TPSA) is 76.5 Å². The molecule has 32 heavy (non-hydrogen) atoms. The van der Waals surface area contributed by atoms with Gasteiger partial charge in [-0.3, -0.25) is 4.79 Å². The number of rotatable bonds is 6. The standard InChI is InChI=1S/C22H25F3N4O3/c1-2-32-21(31)18-13-26-29(19(18)22(23,24)25)17-5-3-14(4-6-17)20(30)27-15-9-11-28(12-10-15)16-7-8-16/h3-6,13,15-16H,2,7-12H2,1H3,(H,27,30). The van der Waals surface area contributed by atoms with Gasteiger partial charge in [0.05, 0.1) is 18.5 Å². The van der Waals surface area contributed by atoms with E-state index in [1.165, 1.54) is 44.0 Å². The Kier molecular flexibility index (Phi) is 6.23. The van der Waals surface area contributed by atoms with Crippen LogP contribution in [0.2, 0.25) is 0 Å². The summed E-state index contributed by atoms with van der Waals surface area (Å²) in [4.78, 5) is 27.0. The van der Waals surface area contributed by atoms with Gasteiger partial charge in [0, 0.05) is 30.7 Å². The molecular weight excluding hydrogens is 425 g/mol. The van der Waals surface area contributed by atoms with Gasteiger partial charge < -0.3 is 15.0 Å². The van der Waals surface area contributed by atoms with E-state index in [0.29, 0.717) is 16.3 Å². The van der Waals surface area contributed by atoms with Crippen LogP contribution in [0.15, 0.2) is 30.5 Å². The molecule has 2 aromatic rings. The highest BCUT2D eigenvalue weighted by atomic mass is 19.4. The minimum absolute atomic E-state index is 0.0509. The van der Waals surface area contributed by atoms with Crippen molar-refractivity contribution in [3.63, 3.8) is 0 Å². The monoisotopic (exact) mass is 450 g/mol. The molecule has 1 aliphatic heterocycles. The molecule has 4 rings (SSSR count). The summed E-state index contributed by atoms with van der Waals surface area (Å²) in [7, 11) is 0. The number of hydrogen-bond donors (Lipinski definition) is 1. The van der Waals surface area contributed by atoms with E-state index in [4.69, 9.17) is 4.74 Å². The largest absolute Gasteiger partial charge is 0.462 e. The maximum atomic E-state index is 13.6. The number of ether oxygens (including phenoxy) is 1. The summed E-state index contributed by atoms with van der Waals surface area (Å²) in [5.74, 6) is -1.35. The van der Waals surface area contributed by atoms with Gasteiger partial charge in [0.15, 0.2) is 5.69 Å². The lowest BCUT2D eigenvalue weighted by molar-refractivity contribution is -0.143. The number of carbonyl (C=O) groups excluding carboxylic acids is 2. The lowest BCUT2D eigenvalue weighted by atomic mass is 10.0. The molecular formula is C22H25F3N4O3. The summed E-state index contributed by atoms with van der Waals surface area (Å²) in [6.45, 7) is 3.40. The van der Waals surface area contributed by atoms with E-state index in [0.717, 1.165) is 32.1 Å². The van der Waals surface area contributed by atoms with Crippen LogP contribution in [0.1, 0.15) is 59.0 Å². The average molecular weight is 450 g/mol. The Morgan fingerprint density at radius 1 is 1.12 bits per heavy atom. The number of carbonyl (C=O) groups is 2. The van der Waals surface area contributed by atoms with Gasteiger partial charge in [-0.05, 0) is 56.9 Å². The Balaban J connectivity index is 1.46. The zero-order valence-corrected chi connectivity index (χ0v) is 17.7. The van der Waals surface area contributed by atoms with E-state index in [1.54, 1.807) is 0 Å². The van der Waals surface area contributed by atoms with Crippen LogP contribution in [-0.4, -0.2) is 58.3 Å². The fraction of sp³-hybridized carbons (Fsp3) is 0.500. The Labute approximate surface area is 183 Å². The zero-order valence-electron chi connectivity index (χ0n) is 17.7. The molecule has 2 heterocycles. The Morgan fingerprint density at radius 3 is 2.34 bits per heavy atom. The quantitative estimate of drug-likeness (QED) is 0.683. The van der Waals surface area contributed by atoms with E-state index >= 15 is 0 Å². The minimum Gasteiger partial charge on any atom is -0.462 e. The highest BCUT2D eigenvalue weighted by molar-refractivity contribution is 5.94. The molecule has 2 aliphatic rings. The summed E-state index contributed by atoms with van der Waals surface area (Å²) in [6.07, 6.45) is 0.325. The first kappa shape index (κ1) is 22.3. The van der Waals surface area contributed by atoms with Gasteiger partial charge in [-0.25, -0.2) is 9.48 Å². The number of nitrogens with zero attached hydrogens (tertiary/aromatic N) is 3. The molecule has 1 amide bonds. The molecule has 1 aromatic heterocycles. The number of hydrogen-bond acceptors (Lipinski definition) is 5. The molecule has 172 valence electrons. The van der Waals surface area contributed by atoms with Crippen LogP contribution in [-0.2, 0) is 10.9 Å². The van der Waals surface area contributed by atoms with Gasteiger partial charge >= 0.3 is 12.1 Å². The summed E-state index contributed by atoms with van der Waals surface area (Å²) in [6, 6.07) is 6.47. The third kappa shape index (κ3) is 4.79. The van der Waals surface area contributed by atoms with Crippen LogP contribution in [0.3, 0.4) is 0 Å². The number of halogens is 3. The highest BCUT2D eigenvalue weighted by Crippen LogP contribution is 2.34. The number of likely N-dealkylation sites (tertiary alicyclic amines) is 1. The zero-order chi connectivity index (χ0) is 22.9. The van der Waals surface area contributed by atoms with E-state index in [1.807, 2.05) is 0 Å². The Bertz CT molecular complexity index is 975. The molecule has 1 saturated carbocycles. The molecule has 1 aliphatic carbocycles. The third-order valence-electron chi connectivity index (χ3n) is 5.84. The van der Waals surface area contributed by atoms with Gasteiger partial charge in [0.25, 0.3) is 5.91 Å². The van der Waals surface area contributed by atoms with Crippen molar-refractivity contribution in [3.05, 3.63) is 47.3 Å². The number of nitrogens with one attached hydrogen (secondary N) is 1. The van der Waals surface area contributed by atoms with E-state index in [2.05, 4.69) is 15.3 Å². The van der Waals surface area contributed by atoms with Crippen LogP contribution in [0.5, 0.6) is 0 Å². The number of aromatic nitrogens is 2. The smallest absolute Gasteiger partial charge is 0.434 e. The number of alkyl halides is 3. The van der Waals surface area contributed by atoms with Gasteiger partial charge in [-0.2, -0.15) is 18.3 Å². The minimum atomic E-state index is -4.82.